The quantitative estimate of drug-likeness (QED) is 0.158. The van der Waals surface area contributed by atoms with Crippen LogP contribution < -0.4 is 22.5 Å². The molecule has 0 spiro atoms. The summed E-state index contributed by atoms with van der Waals surface area (Å²) in [5.41, 5.74) is 15.6. The smallest absolute Gasteiger partial charge is 0.321 e. The van der Waals surface area contributed by atoms with Gasteiger partial charge in [-0.05, 0) is 33.2 Å². The zero-order valence-electron chi connectivity index (χ0n) is 14.8. The predicted octanol–water partition coefficient (Wildman–Crippen LogP) is -1.17. The van der Waals surface area contributed by atoms with E-state index in [2.05, 4.69) is 12.6 Å². The first kappa shape index (κ1) is 26.3. The van der Waals surface area contributed by atoms with E-state index in [1.54, 1.807) is 13.8 Å². The Balaban J connectivity index is 0. The van der Waals surface area contributed by atoms with Crippen molar-refractivity contribution in [2.45, 2.75) is 49.9 Å². The van der Waals surface area contributed by atoms with E-state index in [-0.39, 0.29) is 11.8 Å². The Morgan fingerprint density at radius 1 is 1.12 bits per heavy atom. The van der Waals surface area contributed by atoms with Crippen molar-refractivity contribution in [3.63, 3.8) is 0 Å². The Morgan fingerprint density at radius 3 is 1.77 bits per heavy atom. The van der Waals surface area contributed by atoms with Gasteiger partial charge in [-0.3, -0.25) is 24.5 Å². The first-order valence-electron chi connectivity index (χ1n) is 7.75. The molecule has 10 nitrogen and oxygen atoms in total. The molecule has 0 aromatic heterocycles. The zero-order valence-corrected chi connectivity index (χ0v) is 15.7. The van der Waals surface area contributed by atoms with Gasteiger partial charge in [0, 0.05) is 16.9 Å². The lowest BCUT2D eigenvalue weighted by atomic mass is 10.1. The number of amides is 2. The van der Waals surface area contributed by atoms with Crippen LogP contribution in [0, 0.1) is 0 Å². The van der Waals surface area contributed by atoms with Gasteiger partial charge in [0.25, 0.3) is 11.8 Å². The van der Waals surface area contributed by atoms with Crippen LogP contribution in [0.1, 0.15) is 33.1 Å². The number of rotatable bonds is 7. The Bertz CT molecular complexity index is 503. The van der Waals surface area contributed by atoms with E-state index in [0.717, 1.165) is 12.8 Å². The number of hydrogen-bond donors (Lipinski definition) is 7. The fourth-order valence-corrected chi connectivity index (χ4v) is 1.40. The molecule has 0 aromatic rings. The highest BCUT2D eigenvalue weighted by Crippen LogP contribution is 2.15. The van der Waals surface area contributed by atoms with Gasteiger partial charge < -0.3 is 27.4 Å². The molecule has 26 heavy (non-hydrogen) atoms. The Morgan fingerprint density at radius 2 is 1.58 bits per heavy atom. The second kappa shape index (κ2) is 13.3. The number of aliphatic carboxylic acids is 2. The zero-order chi connectivity index (χ0) is 20.9. The maximum absolute atomic E-state index is 10.2. The lowest BCUT2D eigenvalue weighted by Gasteiger charge is -2.21. The first-order valence-corrected chi connectivity index (χ1v) is 8.19. The molecule has 2 amide bonds. The molecule has 11 heteroatoms. The van der Waals surface area contributed by atoms with Gasteiger partial charge in [-0.2, -0.15) is 12.6 Å². The van der Waals surface area contributed by atoms with Crippen molar-refractivity contribution < 1.29 is 29.4 Å². The molecule has 2 unspecified atom stereocenters. The monoisotopic (exact) mass is 392 g/mol. The van der Waals surface area contributed by atoms with Gasteiger partial charge >= 0.3 is 11.9 Å². The van der Waals surface area contributed by atoms with Gasteiger partial charge in [-0.15, -0.1) is 0 Å². The molecule has 9 N–H and O–H groups in total. The van der Waals surface area contributed by atoms with E-state index < -0.39 is 28.8 Å². The number of carboxylic acid groups (broad SMARTS) is 2. The second-order valence-electron chi connectivity index (χ2n) is 5.89. The molecule has 1 rings (SSSR count). The summed E-state index contributed by atoms with van der Waals surface area (Å²) in [6, 6.07) is -1.62. The minimum absolute atomic E-state index is 0.329. The van der Waals surface area contributed by atoms with Gasteiger partial charge in [0.1, 0.15) is 12.1 Å². The van der Waals surface area contributed by atoms with Crippen LogP contribution in [0.4, 0.5) is 0 Å². The number of nitrogens with one attached hydrogen (secondary N) is 1. The van der Waals surface area contributed by atoms with E-state index in [1.165, 1.54) is 12.2 Å². The highest BCUT2D eigenvalue weighted by molar-refractivity contribution is 7.81. The van der Waals surface area contributed by atoms with Gasteiger partial charge in [-0.25, -0.2) is 0 Å². The van der Waals surface area contributed by atoms with Crippen LogP contribution in [0.3, 0.4) is 0 Å². The summed E-state index contributed by atoms with van der Waals surface area (Å²) >= 11 is 3.98. The van der Waals surface area contributed by atoms with E-state index >= 15 is 0 Å². The van der Waals surface area contributed by atoms with Crippen LogP contribution in [-0.4, -0.2) is 57.3 Å². The molecule has 1 aliphatic rings. The summed E-state index contributed by atoms with van der Waals surface area (Å²) in [6.07, 6.45) is 4.56. The van der Waals surface area contributed by atoms with Crippen molar-refractivity contribution in [2.24, 2.45) is 17.2 Å². The number of thiol groups is 1. The fraction of sp³-hybridized carbons (Fsp3) is 0.600. The summed E-state index contributed by atoms with van der Waals surface area (Å²) in [6.45, 7) is 3.93. The maximum atomic E-state index is 10.2. The molecule has 150 valence electrons. The summed E-state index contributed by atoms with van der Waals surface area (Å²) in [5.74, 6) is -2.61. The molecule has 0 bridgehead atoms. The Kier molecular flexibility index (Phi) is 13.4. The van der Waals surface area contributed by atoms with Gasteiger partial charge in [-0.1, -0.05) is 6.42 Å². The molecular weight excluding hydrogens is 364 g/mol. The minimum Gasteiger partial charge on any atom is -0.480 e. The highest BCUT2D eigenvalue weighted by Gasteiger charge is 2.27. The molecule has 0 saturated heterocycles. The summed E-state index contributed by atoms with van der Waals surface area (Å²) < 4.78 is -0.647. The lowest BCUT2D eigenvalue weighted by Crippen LogP contribution is -2.45. The third kappa shape index (κ3) is 14.4. The molecule has 0 aliphatic carbocycles. The van der Waals surface area contributed by atoms with Crippen molar-refractivity contribution in [3.8, 4) is 0 Å². The second-order valence-corrected chi connectivity index (χ2v) is 7.04. The Labute approximate surface area is 157 Å². The van der Waals surface area contributed by atoms with E-state index in [9.17, 15) is 19.2 Å². The number of carboxylic acids is 2. The molecule has 0 aromatic carbocycles. The summed E-state index contributed by atoms with van der Waals surface area (Å²) in [7, 11) is 0. The van der Waals surface area contributed by atoms with Gasteiger partial charge in [0.2, 0.25) is 0 Å². The normalized spacial score (nSPS) is 15.0. The largest absolute Gasteiger partial charge is 0.480 e. The van der Waals surface area contributed by atoms with Crippen molar-refractivity contribution in [1.29, 1.82) is 0 Å². The van der Waals surface area contributed by atoms with Crippen LogP contribution in [-0.2, 0) is 19.2 Å². The maximum Gasteiger partial charge on any atom is 0.321 e. The van der Waals surface area contributed by atoms with Crippen molar-refractivity contribution >= 4 is 36.4 Å². The average Bonchev–Trinajstić information content (AvgIpc) is 2.90. The number of hydrogen-bond acceptors (Lipinski definition) is 8. The molecular formula is C15H28N4O6S. The fourth-order valence-electron chi connectivity index (χ4n) is 1.29. The highest BCUT2D eigenvalue weighted by atomic mass is 32.1. The molecule has 0 saturated carbocycles. The SMILES string of the molecule is CC(C)(S)C(N)C(=O)O.NCCCCC(N)C(=O)O.O=C1C=CC(=O)N1. The van der Waals surface area contributed by atoms with Crippen LogP contribution in [0.25, 0.3) is 0 Å². The standard InChI is InChI=1S/C6H14N2O2.C5H11NO2S.C4H3NO2/c7-4-2-1-3-5(8)6(9)10;1-5(2,9)3(6)4(7)8;6-3-1-2-4(7)5-3/h5H,1-4,7-8H2,(H,9,10);3,9H,6H2,1-2H3,(H,7,8);1-2H,(H,5,6,7). The third-order valence-corrected chi connectivity index (χ3v) is 3.22. The summed E-state index contributed by atoms with van der Waals surface area (Å²) in [4.78, 5) is 40.4. The summed E-state index contributed by atoms with van der Waals surface area (Å²) in [5, 5.41) is 18.7. The third-order valence-electron chi connectivity index (χ3n) is 2.95. The van der Waals surface area contributed by atoms with Crippen LogP contribution >= 0.6 is 12.6 Å². The molecule has 1 aliphatic heterocycles. The van der Waals surface area contributed by atoms with Crippen molar-refractivity contribution in [3.05, 3.63) is 12.2 Å². The van der Waals surface area contributed by atoms with Crippen LogP contribution in [0.5, 0.6) is 0 Å². The number of carbonyl (C=O) groups excluding carboxylic acids is 2. The van der Waals surface area contributed by atoms with Crippen molar-refractivity contribution in [1.82, 2.24) is 5.32 Å². The van der Waals surface area contributed by atoms with E-state index in [0.29, 0.717) is 13.0 Å². The Hall–Kier alpha value is -1.95. The average molecular weight is 392 g/mol. The van der Waals surface area contributed by atoms with Crippen LogP contribution in [0.15, 0.2) is 12.2 Å². The number of unbranched alkanes of at least 4 members (excludes halogenated alkanes) is 1. The molecule has 1 heterocycles. The molecule has 0 radical (unpaired) electrons. The molecule has 2 atom stereocenters. The van der Waals surface area contributed by atoms with Gasteiger partial charge in [0.05, 0.1) is 0 Å². The predicted molar refractivity (Wildman–Crippen MR) is 99.5 cm³/mol. The first-order chi connectivity index (χ1) is 11.8. The minimum atomic E-state index is -1.02. The topological polar surface area (TPSA) is 199 Å². The van der Waals surface area contributed by atoms with Crippen LogP contribution in [0.2, 0.25) is 0 Å². The number of carbonyl (C=O) groups is 4. The van der Waals surface area contributed by atoms with E-state index in [4.69, 9.17) is 27.4 Å². The lowest BCUT2D eigenvalue weighted by molar-refractivity contribution is -0.139. The van der Waals surface area contributed by atoms with Crippen molar-refractivity contribution in [2.75, 3.05) is 6.54 Å². The number of imide groups is 1. The van der Waals surface area contributed by atoms with Gasteiger partial charge in [0.15, 0.2) is 0 Å². The van der Waals surface area contributed by atoms with E-state index in [1.807, 2.05) is 5.32 Å². The number of nitrogens with two attached hydrogens (primary N) is 3. The molecule has 0 fully saturated rings.